The summed E-state index contributed by atoms with van der Waals surface area (Å²) in [6.07, 6.45) is 1.60. The van der Waals surface area contributed by atoms with Crippen LogP contribution in [0.3, 0.4) is 0 Å². The first-order chi connectivity index (χ1) is 8.58. The Hall–Kier alpha value is -1.73. The number of morpholine rings is 1. The second-order valence-electron chi connectivity index (χ2n) is 3.68. The number of halogens is 1. The third-order valence-corrected chi connectivity index (χ3v) is 2.64. The summed E-state index contributed by atoms with van der Waals surface area (Å²) in [6.45, 7) is 0.482. The van der Waals surface area contributed by atoms with Gasteiger partial charge < -0.3 is 14.7 Å². The van der Waals surface area contributed by atoms with E-state index in [2.05, 4.69) is 9.97 Å². The maximum absolute atomic E-state index is 12.0. The Labute approximate surface area is 107 Å². The minimum absolute atomic E-state index is 0.0115. The van der Waals surface area contributed by atoms with Gasteiger partial charge in [0.1, 0.15) is 10.8 Å². The molecule has 1 aromatic rings. The van der Waals surface area contributed by atoms with Crippen LogP contribution in [0.2, 0.25) is 5.15 Å². The number of aliphatic carboxylic acids is 1. The normalized spacial score (nSPS) is 19.6. The lowest BCUT2D eigenvalue weighted by atomic mass is 10.2. The third-order valence-electron chi connectivity index (χ3n) is 2.45. The van der Waals surface area contributed by atoms with E-state index in [-0.39, 0.29) is 24.0 Å². The number of nitrogens with zero attached hydrogens (tertiary/aromatic N) is 3. The quantitative estimate of drug-likeness (QED) is 0.817. The van der Waals surface area contributed by atoms with Gasteiger partial charge in [0.25, 0.3) is 5.91 Å². The second kappa shape index (κ2) is 5.28. The molecule has 8 heteroatoms. The number of hydrogen-bond acceptors (Lipinski definition) is 5. The Morgan fingerprint density at radius 1 is 1.50 bits per heavy atom. The van der Waals surface area contributed by atoms with Crippen molar-refractivity contribution in [2.24, 2.45) is 0 Å². The summed E-state index contributed by atoms with van der Waals surface area (Å²) in [5.74, 6) is -1.50. The van der Waals surface area contributed by atoms with E-state index >= 15 is 0 Å². The van der Waals surface area contributed by atoms with Crippen molar-refractivity contribution in [1.82, 2.24) is 14.9 Å². The van der Waals surface area contributed by atoms with Crippen LogP contribution in [0.4, 0.5) is 0 Å². The molecular formula is C10H10ClN3O4. The van der Waals surface area contributed by atoms with Crippen LogP contribution in [-0.4, -0.2) is 57.7 Å². The smallest absolute Gasteiger partial charge is 0.334 e. The van der Waals surface area contributed by atoms with Gasteiger partial charge in [0.05, 0.1) is 25.5 Å². The zero-order chi connectivity index (χ0) is 13.1. The number of carbonyl (C=O) groups excluding carboxylic acids is 1. The highest BCUT2D eigenvalue weighted by Gasteiger charge is 2.30. The zero-order valence-corrected chi connectivity index (χ0v) is 10.0. The highest BCUT2D eigenvalue weighted by molar-refractivity contribution is 6.29. The first kappa shape index (κ1) is 12.7. The lowest BCUT2D eigenvalue weighted by Crippen LogP contribution is -2.48. The van der Waals surface area contributed by atoms with Gasteiger partial charge in [0.15, 0.2) is 6.10 Å². The van der Waals surface area contributed by atoms with E-state index in [0.29, 0.717) is 6.54 Å². The Balaban J connectivity index is 2.11. The van der Waals surface area contributed by atoms with Crippen molar-refractivity contribution in [1.29, 1.82) is 0 Å². The number of aromatic nitrogens is 2. The van der Waals surface area contributed by atoms with Crippen molar-refractivity contribution in [3.05, 3.63) is 23.2 Å². The minimum Gasteiger partial charge on any atom is -0.479 e. The Kier molecular flexibility index (Phi) is 3.73. The van der Waals surface area contributed by atoms with Gasteiger partial charge in [-0.3, -0.25) is 9.78 Å². The average Bonchev–Trinajstić information content (AvgIpc) is 2.38. The molecule has 7 nitrogen and oxygen atoms in total. The molecule has 2 heterocycles. The number of hydrogen-bond donors (Lipinski definition) is 1. The van der Waals surface area contributed by atoms with Crippen LogP contribution in [0.25, 0.3) is 0 Å². The summed E-state index contributed by atoms with van der Waals surface area (Å²) in [7, 11) is 0. The number of carbonyl (C=O) groups is 2. The fraction of sp³-hybridized carbons (Fsp3) is 0.400. The second-order valence-corrected chi connectivity index (χ2v) is 4.06. The van der Waals surface area contributed by atoms with Crippen molar-refractivity contribution in [3.63, 3.8) is 0 Å². The fourth-order valence-corrected chi connectivity index (χ4v) is 1.74. The van der Waals surface area contributed by atoms with Crippen molar-refractivity contribution in [3.8, 4) is 0 Å². The summed E-state index contributed by atoms with van der Waals surface area (Å²) >= 11 is 5.64. The van der Waals surface area contributed by atoms with Crippen molar-refractivity contribution in [2.75, 3.05) is 19.7 Å². The predicted octanol–water partition coefficient (Wildman–Crippen LogP) is 0.0556. The highest BCUT2D eigenvalue weighted by Crippen LogP contribution is 2.10. The van der Waals surface area contributed by atoms with E-state index in [1.807, 2.05) is 0 Å². The molecule has 1 atom stereocenters. The maximum atomic E-state index is 12.0. The SMILES string of the molecule is O=C(O)C1CN(C(=O)c2cncc(Cl)n2)CCO1. The number of carboxylic acids is 1. The van der Waals surface area contributed by atoms with Crippen LogP contribution in [0.5, 0.6) is 0 Å². The maximum Gasteiger partial charge on any atom is 0.334 e. The van der Waals surface area contributed by atoms with Crippen LogP contribution in [-0.2, 0) is 9.53 Å². The molecule has 96 valence electrons. The molecule has 1 unspecified atom stereocenters. The first-order valence-electron chi connectivity index (χ1n) is 5.19. The third kappa shape index (κ3) is 2.74. The van der Waals surface area contributed by atoms with Gasteiger partial charge in [0.2, 0.25) is 0 Å². The van der Waals surface area contributed by atoms with Crippen LogP contribution in [0.15, 0.2) is 12.4 Å². The molecule has 1 saturated heterocycles. The summed E-state index contributed by atoms with van der Waals surface area (Å²) in [5, 5.41) is 8.96. The number of ether oxygens (including phenoxy) is 1. The van der Waals surface area contributed by atoms with Crippen molar-refractivity contribution >= 4 is 23.5 Å². The fourth-order valence-electron chi connectivity index (χ4n) is 1.59. The van der Waals surface area contributed by atoms with Gasteiger partial charge in [-0.05, 0) is 0 Å². The van der Waals surface area contributed by atoms with Crippen LogP contribution in [0.1, 0.15) is 10.5 Å². The Morgan fingerprint density at radius 3 is 2.94 bits per heavy atom. The van der Waals surface area contributed by atoms with Gasteiger partial charge in [-0.15, -0.1) is 0 Å². The van der Waals surface area contributed by atoms with Crippen molar-refractivity contribution in [2.45, 2.75) is 6.10 Å². The van der Waals surface area contributed by atoms with Crippen LogP contribution < -0.4 is 0 Å². The number of carboxylic acid groups (broad SMARTS) is 1. The van der Waals surface area contributed by atoms with Crippen LogP contribution in [0, 0.1) is 0 Å². The van der Waals surface area contributed by atoms with E-state index in [4.69, 9.17) is 21.4 Å². The first-order valence-corrected chi connectivity index (χ1v) is 5.57. The average molecular weight is 272 g/mol. The standard InChI is InChI=1S/C10H10ClN3O4/c11-8-4-12-3-6(13-8)9(15)14-1-2-18-7(5-14)10(16)17/h3-4,7H,1-2,5H2,(H,16,17). The zero-order valence-electron chi connectivity index (χ0n) is 9.24. The van der Waals surface area contributed by atoms with Gasteiger partial charge in [-0.25, -0.2) is 9.78 Å². The molecule has 1 aromatic heterocycles. The molecule has 18 heavy (non-hydrogen) atoms. The molecule has 2 rings (SSSR count). The summed E-state index contributed by atoms with van der Waals surface area (Å²) in [5.41, 5.74) is 0.0912. The minimum atomic E-state index is -1.09. The number of rotatable bonds is 2. The molecule has 0 saturated carbocycles. The molecule has 0 aromatic carbocycles. The molecule has 0 aliphatic carbocycles. The lowest BCUT2D eigenvalue weighted by molar-refractivity contribution is -0.154. The molecular weight excluding hydrogens is 262 g/mol. The van der Waals surface area contributed by atoms with Gasteiger partial charge in [-0.2, -0.15) is 0 Å². The summed E-state index contributed by atoms with van der Waals surface area (Å²) < 4.78 is 5.02. The molecule has 1 amide bonds. The topological polar surface area (TPSA) is 92.6 Å². The lowest BCUT2D eigenvalue weighted by Gasteiger charge is -2.30. The van der Waals surface area contributed by atoms with E-state index in [0.717, 1.165) is 0 Å². The van der Waals surface area contributed by atoms with Gasteiger partial charge in [-0.1, -0.05) is 11.6 Å². The molecule has 0 spiro atoms. The Morgan fingerprint density at radius 2 is 2.28 bits per heavy atom. The van der Waals surface area contributed by atoms with Crippen molar-refractivity contribution < 1.29 is 19.4 Å². The molecule has 0 bridgehead atoms. The Bertz CT molecular complexity index is 482. The molecule has 1 aliphatic heterocycles. The largest absolute Gasteiger partial charge is 0.479 e. The molecule has 1 aliphatic rings. The molecule has 1 N–H and O–H groups in total. The van der Waals surface area contributed by atoms with E-state index in [9.17, 15) is 9.59 Å². The summed E-state index contributed by atoms with van der Waals surface area (Å²) in [6, 6.07) is 0. The van der Waals surface area contributed by atoms with E-state index in [1.54, 1.807) is 0 Å². The molecule has 0 radical (unpaired) electrons. The highest BCUT2D eigenvalue weighted by atomic mass is 35.5. The van der Waals surface area contributed by atoms with Crippen LogP contribution >= 0.6 is 11.6 Å². The van der Waals surface area contributed by atoms with E-state index < -0.39 is 18.0 Å². The van der Waals surface area contributed by atoms with Gasteiger partial charge >= 0.3 is 5.97 Å². The van der Waals surface area contributed by atoms with E-state index in [1.165, 1.54) is 17.3 Å². The summed E-state index contributed by atoms with van der Waals surface area (Å²) in [4.78, 5) is 31.8. The molecule has 1 fully saturated rings. The predicted molar refractivity (Wildman–Crippen MR) is 60.3 cm³/mol. The number of amides is 1. The monoisotopic (exact) mass is 271 g/mol. The van der Waals surface area contributed by atoms with Gasteiger partial charge in [0, 0.05) is 6.54 Å².